The van der Waals surface area contributed by atoms with E-state index in [0.717, 1.165) is 72.0 Å². The first kappa shape index (κ1) is 27.1. The first-order valence-electron chi connectivity index (χ1n) is 14.1. The first-order valence-corrected chi connectivity index (χ1v) is 15.3. The monoisotopic (exact) mass is 566 g/mol. The van der Waals surface area contributed by atoms with Gasteiger partial charge >= 0.3 is 6.09 Å². The van der Waals surface area contributed by atoms with Crippen molar-refractivity contribution in [2.75, 3.05) is 51.1 Å². The van der Waals surface area contributed by atoms with E-state index < -0.39 is 5.60 Å². The highest BCUT2D eigenvalue weighted by Crippen LogP contribution is 2.38. The molecule has 3 unspecified atom stereocenters. The van der Waals surface area contributed by atoms with E-state index in [1.807, 2.05) is 50.4 Å². The van der Waals surface area contributed by atoms with Crippen LogP contribution in [0, 0.1) is 11.8 Å². The second-order valence-electron chi connectivity index (χ2n) is 11.9. The third-order valence-electron chi connectivity index (χ3n) is 7.95. The number of amides is 1. The lowest BCUT2D eigenvalue weighted by Gasteiger charge is -2.26. The average molecular weight is 567 g/mol. The number of ether oxygens (including phenoxy) is 3. The highest BCUT2D eigenvalue weighted by atomic mass is 32.2. The van der Waals surface area contributed by atoms with E-state index >= 15 is 0 Å². The largest absolute Gasteiger partial charge is 0.496 e. The lowest BCUT2D eigenvalue weighted by atomic mass is 10.0. The number of imidazole rings is 1. The van der Waals surface area contributed by atoms with Gasteiger partial charge in [-0.15, -0.1) is 11.8 Å². The molecule has 2 aromatic heterocycles. The lowest BCUT2D eigenvalue weighted by Crippen LogP contribution is -2.37. The zero-order chi connectivity index (χ0) is 28.0. The fourth-order valence-corrected chi connectivity index (χ4v) is 6.61. The molecule has 3 aliphatic heterocycles. The van der Waals surface area contributed by atoms with Crippen LogP contribution in [0.2, 0.25) is 0 Å². The molecule has 11 heteroatoms. The van der Waals surface area contributed by atoms with Crippen LogP contribution < -0.4 is 9.64 Å². The Morgan fingerprint density at radius 2 is 1.88 bits per heavy atom. The fourth-order valence-electron chi connectivity index (χ4n) is 6.02. The van der Waals surface area contributed by atoms with Gasteiger partial charge in [-0.25, -0.2) is 14.8 Å². The number of nitrogens with zero attached hydrogens (tertiary/aromatic N) is 6. The molecule has 3 atom stereocenters. The van der Waals surface area contributed by atoms with Gasteiger partial charge in [-0.1, -0.05) is 0 Å². The summed E-state index contributed by atoms with van der Waals surface area (Å²) in [6, 6.07) is 6.14. The van der Waals surface area contributed by atoms with Gasteiger partial charge in [-0.3, -0.25) is 4.57 Å². The number of hydrogen-bond acceptors (Lipinski definition) is 9. The summed E-state index contributed by atoms with van der Waals surface area (Å²) in [4.78, 5) is 32.8. The predicted molar refractivity (Wildman–Crippen MR) is 155 cm³/mol. The molecule has 3 fully saturated rings. The molecular formula is C29H38N6O4S. The van der Waals surface area contributed by atoms with Crippen molar-refractivity contribution in [1.82, 2.24) is 24.4 Å². The zero-order valence-corrected chi connectivity index (χ0v) is 24.7. The minimum absolute atomic E-state index is 0.0766. The summed E-state index contributed by atoms with van der Waals surface area (Å²) in [5.41, 5.74) is 2.85. The number of benzene rings is 1. The van der Waals surface area contributed by atoms with Crippen molar-refractivity contribution in [3.8, 4) is 17.0 Å². The number of aromatic nitrogens is 4. The van der Waals surface area contributed by atoms with Crippen LogP contribution in [0.1, 0.15) is 46.3 Å². The number of thioether (sulfide) groups is 1. The molecule has 10 nitrogen and oxygen atoms in total. The normalized spacial score (nSPS) is 23.1. The minimum atomic E-state index is -0.497. The van der Waals surface area contributed by atoms with Gasteiger partial charge in [0, 0.05) is 55.1 Å². The summed E-state index contributed by atoms with van der Waals surface area (Å²) < 4.78 is 19.4. The van der Waals surface area contributed by atoms with Crippen LogP contribution in [-0.4, -0.2) is 82.3 Å². The van der Waals surface area contributed by atoms with E-state index in [9.17, 15) is 4.79 Å². The maximum Gasteiger partial charge on any atom is 0.410 e. The SMILES string of the molecule is COc1ccc(-c2nc(N3CC4CN(C(=O)OC(C)(C)C)CC4C3)nc3c2ncn3C2CCCCO2)cc1SC. The Hall–Kier alpha value is -3.05. The summed E-state index contributed by atoms with van der Waals surface area (Å²) in [5.74, 6) is 2.24. The van der Waals surface area contributed by atoms with E-state index in [0.29, 0.717) is 30.9 Å². The molecule has 6 rings (SSSR count). The standard InChI is InChI=1S/C29H38N6O4S/c1-29(2,3)39-28(36)34-15-19-13-33(14-20(19)16-34)27-31-24(18-9-10-21(37-4)22(12-18)40-5)25-26(32-27)35(17-30-25)23-8-6-7-11-38-23/h9-10,12,17,19-20,23H,6-8,11,13-16H2,1-5H3. The Morgan fingerprint density at radius 1 is 1.10 bits per heavy atom. The summed E-state index contributed by atoms with van der Waals surface area (Å²) in [6.45, 7) is 9.43. The van der Waals surface area contributed by atoms with Crippen LogP contribution >= 0.6 is 11.8 Å². The quantitative estimate of drug-likeness (QED) is 0.385. The van der Waals surface area contributed by atoms with E-state index in [-0.39, 0.29) is 12.3 Å². The molecule has 3 aliphatic rings. The highest BCUT2D eigenvalue weighted by Gasteiger charge is 2.43. The molecule has 0 aliphatic carbocycles. The van der Waals surface area contributed by atoms with E-state index in [1.165, 1.54) is 0 Å². The number of carbonyl (C=O) groups is 1. The molecule has 40 heavy (non-hydrogen) atoms. The van der Waals surface area contributed by atoms with E-state index in [2.05, 4.69) is 15.5 Å². The van der Waals surface area contributed by atoms with Crippen molar-refractivity contribution in [3.63, 3.8) is 0 Å². The molecule has 5 heterocycles. The molecule has 0 bridgehead atoms. The second kappa shape index (κ2) is 10.7. The number of likely N-dealkylation sites (tertiary alicyclic amines) is 1. The Balaban J connectivity index is 1.33. The Morgan fingerprint density at radius 3 is 2.52 bits per heavy atom. The summed E-state index contributed by atoms with van der Waals surface area (Å²) >= 11 is 1.64. The van der Waals surface area contributed by atoms with E-state index in [4.69, 9.17) is 29.2 Å². The third-order valence-corrected chi connectivity index (χ3v) is 8.71. The molecule has 3 saturated heterocycles. The fraction of sp³-hybridized carbons (Fsp3) is 0.586. The van der Waals surface area contributed by atoms with Crippen molar-refractivity contribution in [1.29, 1.82) is 0 Å². The molecule has 0 radical (unpaired) electrons. The number of methoxy groups -OCH3 is 1. The molecule has 3 aromatic rings. The molecular weight excluding hydrogens is 528 g/mol. The first-order chi connectivity index (χ1) is 19.2. The number of anilines is 1. The predicted octanol–water partition coefficient (Wildman–Crippen LogP) is 5.23. The Kier molecular flexibility index (Phi) is 7.28. The third kappa shape index (κ3) is 5.21. The molecule has 0 saturated carbocycles. The highest BCUT2D eigenvalue weighted by molar-refractivity contribution is 7.98. The molecule has 1 aromatic carbocycles. The summed E-state index contributed by atoms with van der Waals surface area (Å²) in [7, 11) is 1.69. The molecule has 0 N–H and O–H groups in total. The van der Waals surface area contributed by atoms with E-state index in [1.54, 1.807) is 18.9 Å². The van der Waals surface area contributed by atoms with Crippen molar-refractivity contribution in [3.05, 3.63) is 24.5 Å². The average Bonchev–Trinajstić information content (AvgIpc) is 3.65. The Labute approximate surface area is 239 Å². The summed E-state index contributed by atoms with van der Waals surface area (Å²) in [5, 5.41) is 0. The minimum Gasteiger partial charge on any atom is -0.496 e. The van der Waals surface area contributed by atoms with Crippen LogP contribution in [-0.2, 0) is 9.47 Å². The van der Waals surface area contributed by atoms with Crippen molar-refractivity contribution >= 4 is 35.0 Å². The smallest absolute Gasteiger partial charge is 0.410 e. The second-order valence-corrected chi connectivity index (χ2v) is 12.7. The molecule has 214 valence electrons. The van der Waals surface area contributed by atoms with Crippen LogP contribution in [0.5, 0.6) is 5.75 Å². The zero-order valence-electron chi connectivity index (χ0n) is 23.9. The number of hydrogen-bond donors (Lipinski definition) is 0. The van der Waals surface area contributed by atoms with Crippen LogP contribution in [0.4, 0.5) is 10.7 Å². The van der Waals surface area contributed by atoms with Crippen LogP contribution in [0.3, 0.4) is 0 Å². The number of rotatable bonds is 5. The summed E-state index contributed by atoms with van der Waals surface area (Å²) in [6.07, 6.45) is 6.72. The van der Waals surface area contributed by atoms with Crippen molar-refractivity contribution in [2.24, 2.45) is 11.8 Å². The van der Waals surface area contributed by atoms with Gasteiger partial charge in [0.05, 0.1) is 13.4 Å². The van der Waals surface area contributed by atoms with Crippen molar-refractivity contribution < 1.29 is 19.0 Å². The Bertz CT molecular complexity index is 1390. The molecule has 1 amide bonds. The molecule has 0 spiro atoms. The van der Waals surface area contributed by atoms with Crippen molar-refractivity contribution in [2.45, 2.75) is 56.8 Å². The number of carbonyl (C=O) groups excluding carboxylic acids is 1. The lowest BCUT2D eigenvalue weighted by molar-refractivity contribution is -0.0298. The van der Waals surface area contributed by atoms with Gasteiger partial charge in [0.15, 0.2) is 5.65 Å². The van der Waals surface area contributed by atoms with Gasteiger partial charge in [0.25, 0.3) is 0 Å². The maximum atomic E-state index is 12.7. The van der Waals surface area contributed by atoms with Crippen LogP contribution in [0.25, 0.3) is 22.4 Å². The van der Waals surface area contributed by atoms with Gasteiger partial charge in [0.2, 0.25) is 5.95 Å². The van der Waals surface area contributed by atoms with Gasteiger partial charge in [-0.2, -0.15) is 4.98 Å². The topological polar surface area (TPSA) is 94.8 Å². The van der Waals surface area contributed by atoms with Gasteiger partial charge in [0.1, 0.15) is 28.8 Å². The van der Waals surface area contributed by atoms with Gasteiger partial charge < -0.3 is 24.0 Å². The van der Waals surface area contributed by atoms with Crippen LogP contribution in [0.15, 0.2) is 29.4 Å². The maximum absolute atomic E-state index is 12.7. The van der Waals surface area contributed by atoms with Gasteiger partial charge in [-0.05, 0) is 64.5 Å². The number of fused-ring (bicyclic) bond motifs is 2.